The Hall–Kier alpha value is -2.62. The zero-order valence-electron chi connectivity index (χ0n) is 24.9. The minimum atomic E-state index is 0.616. The van der Waals surface area contributed by atoms with Crippen molar-refractivity contribution < 1.29 is 9.47 Å². The lowest BCUT2D eigenvalue weighted by molar-refractivity contribution is 0.0320. The molecule has 8 nitrogen and oxygen atoms in total. The second kappa shape index (κ2) is 21.2. The fraction of sp³-hybridized carbons (Fsp3) is 0.567. The maximum absolute atomic E-state index is 7.16. The van der Waals surface area contributed by atoms with Crippen LogP contribution in [0.3, 0.4) is 0 Å². The first-order valence-corrected chi connectivity index (χ1v) is 15.3. The van der Waals surface area contributed by atoms with Gasteiger partial charge in [0.25, 0.3) is 0 Å². The van der Waals surface area contributed by atoms with Crippen molar-refractivity contribution in [3.05, 3.63) is 47.5 Å². The SMILES string of the molecule is CC.CC.CCCN(CCC)c1cc(N)cc(OCCN2CCOCC2)n1.N=CC1=NSCc2ccccc21. The predicted molar refractivity (Wildman–Crippen MR) is 170 cm³/mol. The van der Waals surface area contributed by atoms with Gasteiger partial charge in [0.05, 0.1) is 18.9 Å². The summed E-state index contributed by atoms with van der Waals surface area (Å²) < 4.78 is 15.4. The van der Waals surface area contributed by atoms with Gasteiger partial charge in [-0.2, -0.15) is 4.98 Å². The number of nitrogens with one attached hydrogen (secondary N) is 1. The van der Waals surface area contributed by atoms with Crippen LogP contribution >= 0.6 is 11.9 Å². The Balaban J connectivity index is 0.000000397. The van der Waals surface area contributed by atoms with Gasteiger partial charge in [0.1, 0.15) is 12.4 Å². The number of ether oxygens (including phenoxy) is 2. The van der Waals surface area contributed by atoms with Crippen LogP contribution in [-0.4, -0.2) is 74.4 Å². The lowest BCUT2D eigenvalue weighted by Crippen LogP contribution is -2.38. The molecule has 4 rings (SSSR count). The highest BCUT2D eigenvalue weighted by molar-refractivity contribution is 7.97. The molecule has 9 heteroatoms. The van der Waals surface area contributed by atoms with Crippen LogP contribution in [0.15, 0.2) is 40.8 Å². The lowest BCUT2D eigenvalue weighted by Gasteiger charge is -2.26. The molecular formula is C30H50N6O2S. The van der Waals surface area contributed by atoms with Gasteiger partial charge in [-0.25, -0.2) is 4.40 Å². The summed E-state index contributed by atoms with van der Waals surface area (Å²) in [6.07, 6.45) is 3.48. The second-order valence-corrected chi connectivity index (χ2v) is 9.17. The van der Waals surface area contributed by atoms with E-state index in [0.717, 1.165) is 81.6 Å². The van der Waals surface area contributed by atoms with Gasteiger partial charge in [-0.15, -0.1) is 0 Å². The van der Waals surface area contributed by atoms with E-state index in [-0.39, 0.29) is 0 Å². The quantitative estimate of drug-likeness (QED) is 0.259. The Bertz CT molecular complexity index is 960. The van der Waals surface area contributed by atoms with E-state index in [1.807, 2.05) is 52.0 Å². The van der Waals surface area contributed by atoms with Gasteiger partial charge in [0.2, 0.25) is 5.88 Å². The molecule has 3 N–H and O–H groups in total. The van der Waals surface area contributed by atoms with Gasteiger partial charge in [-0.3, -0.25) is 4.90 Å². The number of nitrogen functional groups attached to an aromatic ring is 1. The molecule has 0 radical (unpaired) electrons. The van der Waals surface area contributed by atoms with Crippen LogP contribution < -0.4 is 15.4 Å². The van der Waals surface area contributed by atoms with Crippen molar-refractivity contribution in [3.8, 4) is 5.88 Å². The molecule has 0 aliphatic carbocycles. The Kier molecular flexibility index (Phi) is 18.7. The van der Waals surface area contributed by atoms with Crippen molar-refractivity contribution in [3.63, 3.8) is 0 Å². The van der Waals surface area contributed by atoms with Gasteiger partial charge >= 0.3 is 0 Å². The molecular weight excluding hydrogens is 508 g/mol. The van der Waals surface area contributed by atoms with Crippen LogP contribution in [-0.2, 0) is 10.5 Å². The molecule has 3 heterocycles. The molecule has 2 aliphatic heterocycles. The lowest BCUT2D eigenvalue weighted by atomic mass is 10.1. The summed E-state index contributed by atoms with van der Waals surface area (Å²) in [7, 11) is 0. The van der Waals surface area contributed by atoms with Crippen molar-refractivity contribution in [2.75, 3.05) is 63.2 Å². The third-order valence-electron chi connectivity index (χ3n) is 5.70. The number of rotatable bonds is 10. The van der Waals surface area contributed by atoms with E-state index in [1.54, 1.807) is 6.07 Å². The third-order valence-corrected chi connectivity index (χ3v) is 6.46. The van der Waals surface area contributed by atoms with Gasteiger partial charge in [-0.1, -0.05) is 65.8 Å². The minimum Gasteiger partial charge on any atom is -0.476 e. The van der Waals surface area contributed by atoms with Crippen molar-refractivity contribution >= 4 is 35.4 Å². The van der Waals surface area contributed by atoms with Crippen LogP contribution in [0.25, 0.3) is 0 Å². The highest BCUT2D eigenvalue weighted by Crippen LogP contribution is 2.24. The number of anilines is 2. The van der Waals surface area contributed by atoms with Gasteiger partial charge in [-0.05, 0) is 30.4 Å². The summed E-state index contributed by atoms with van der Waals surface area (Å²) in [6.45, 7) is 19.4. The molecule has 0 unspecified atom stereocenters. The molecule has 2 aromatic rings. The minimum absolute atomic E-state index is 0.616. The van der Waals surface area contributed by atoms with Gasteiger partial charge < -0.3 is 25.5 Å². The highest BCUT2D eigenvalue weighted by Gasteiger charge is 2.13. The molecule has 1 aromatic carbocycles. The third kappa shape index (κ3) is 12.4. The molecule has 1 aromatic heterocycles. The number of morpholine rings is 1. The molecule has 218 valence electrons. The average molecular weight is 559 g/mol. The number of benzene rings is 1. The Morgan fingerprint density at radius 1 is 1.08 bits per heavy atom. The van der Waals surface area contributed by atoms with Gasteiger partial charge in [0.15, 0.2) is 0 Å². The first kappa shape index (κ1) is 34.4. The number of nitrogens with two attached hydrogens (primary N) is 1. The average Bonchev–Trinajstić information content (AvgIpc) is 2.99. The summed E-state index contributed by atoms with van der Waals surface area (Å²) in [5.74, 6) is 2.45. The first-order chi connectivity index (χ1) is 19.1. The number of hydrogen-bond donors (Lipinski definition) is 2. The Labute approximate surface area is 241 Å². The molecule has 0 atom stereocenters. The number of fused-ring (bicyclic) bond motifs is 1. The monoisotopic (exact) mass is 558 g/mol. The van der Waals surface area contributed by atoms with E-state index in [0.29, 0.717) is 18.2 Å². The molecule has 2 aliphatic rings. The van der Waals surface area contributed by atoms with Gasteiger partial charge in [0, 0.05) is 68.1 Å². The standard InChI is InChI=1S/C17H30N4O2.C9H8N2S.2C2H6/c1-3-5-21(6-4-2)16-13-15(18)14-17(19-16)23-12-9-20-7-10-22-11-8-20;10-5-9-8-4-2-1-3-7(8)6-12-11-9;2*1-2/h13-14H,3-12H2,1-2H3,(H2,18,19);1-5,10H,6H2;2*1-2H3. The van der Waals surface area contributed by atoms with Crippen LogP contribution in [0, 0.1) is 5.41 Å². The van der Waals surface area contributed by atoms with E-state index in [9.17, 15) is 0 Å². The summed E-state index contributed by atoms with van der Waals surface area (Å²) in [4.78, 5) is 9.25. The van der Waals surface area contributed by atoms with E-state index >= 15 is 0 Å². The molecule has 1 saturated heterocycles. The second-order valence-electron chi connectivity index (χ2n) is 8.44. The molecule has 0 spiro atoms. The van der Waals surface area contributed by atoms with Crippen LogP contribution in [0.4, 0.5) is 11.5 Å². The van der Waals surface area contributed by atoms with Crippen molar-refractivity contribution in [1.82, 2.24) is 9.88 Å². The van der Waals surface area contributed by atoms with Crippen molar-refractivity contribution in [2.45, 2.75) is 60.1 Å². The van der Waals surface area contributed by atoms with Crippen LogP contribution in [0.2, 0.25) is 0 Å². The van der Waals surface area contributed by atoms with E-state index in [4.69, 9.17) is 20.6 Å². The van der Waals surface area contributed by atoms with Crippen molar-refractivity contribution in [2.24, 2.45) is 4.40 Å². The van der Waals surface area contributed by atoms with E-state index < -0.39 is 0 Å². The fourth-order valence-corrected chi connectivity index (χ4v) is 4.70. The normalized spacial score (nSPS) is 14.1. The Morgan fingerprint density at radius 3 is 2.38 bits per heavy atom. The summed E-state index contributed by atoms with van der Waals surface area (Å²) in [6, 6.07) is 11.8. The molecule has 0 saturated carbocycles. The van der Waals surface area contributed by atoms with Crippen LogP contribution in [0.1, 0.15) is 65.5 Å². The maximum Gasteiger partial charge on any atom is 0.217 e. The number of nitrogens with zero attached hydrogens (tertiary/aromatic N) is 4. The highest BCUT2D eigenvalue weighted by atomic mass is 32.2. The molecule has 0 bridgehead atoms. The zero-order chi connectivity index (χ0) is 28.9. The summed E-state index contributed by atoms with van der Waals surface area (Å²) in [5, 5.41) is 7.16. The number of pyridine rings is 1. The largest absolute Gasteiger partial charge is 0.476 e. The molecule has 39 heavy (non-hydrogen) atoms. The van der Waals surface area contributed by atoms with Crippen molar-refractivity contribution in [1.29, 1.82) is 5.41 Å². The van der Waals surface area contributed by atoms with E-state index in [1.165, 1.54) is 23.7 Å². The fourth-order valence-electron chi connectivity index (χ4n) is 3.95. The molecule has 1 fully saturated rings. The Morgan fingerprint density at radius 2 is 1.74 bits per heavy atom. The topological polar surface area (TPSA) is 100 Å². The maximum atomic E-state index is 7.16. The molecule has 0 amide bonds. The van der Waals surface area contributed by atoms with E-state index in [2.05, 4.69) is 39.1 Å². The predicted octanol–water partition coefficient (Wildman–Crippen LogP) is 6.34. The van der Waals surface area contributed by atoms with Crippen LogP contribution in [0.5, 0.6) is 5.88 Å². The summed E-state index contributed by atoms with van der Waals surface area (Å²) in [5.41, 5.74) is 9.89. The summed E-state index contributed by atoms with van der Waals surface area (Å²) >= 11 is 1.51. The number of hydrogen-bond acceptors (Lipinski definition) is 9. The smallest absolute Gasteiger partial charge is 0.217 e. The zero-order valence-corrected chi connectivity index (χ0v) is 25.7. The first-order valence-electron chi connectivity index (χ1n) is 14.4. The number of aromatic nitrogens is 1.